The number of nitrogens with zero attached hydrogens (tertiary/aromatic N) is 7. The molecule has 16 nitrogen and oxygen atoms in total. The predicted molar refractivity (Wildman–Crippen MR) is 330 cm³/mol. The van der Waals surface area contributed by atoms with Crippen LogP contribution in [0.1, 0.15) is 46.8 Å². The Balaban J connectivity index is 0.000000136. The maximum atomic E-state index is 13.2. The summed E-state index contributed by atoms with van der Waals surface area (Å²) in [5, 5.41) is 19.7. The zero-order chi connectivity index (χ0) is 56.1. The predicted octanol–water partition coefficient (Wildman–Crippen LogP) is 9.28. The fourth-order valence-electron chi connectivity index (χ4n) is 9.44. The van der Waals surface area contributed by atoms with Crippen LogP contribution in [-0.2, 0) is 19.3 Å². The Labute approximate surface area is 485 Å². The molecule has 3 saturated heterocycles. The van der Waals surface area contributed by atoms with E-state index in [9.17, 15) is 18.8 Å². The van der Waals surface area contributed by atoms with Crippen LogP contribution >= 0.6 is 45.3 Å². The largest absolute Gasteiger partial charge is 0.398 e. The zero-order valence-corrected chi connectivity index (χ0v) is 47.7. The number of thiophene rings is 1. The molecule has 0 bridgehead atoms. The van der Waals surface area contributed by atoms with Gasteiger partial charge in [0.05, 0.1) is 0 Å². The summed E-state index contributed by atoms with van der Waals surface area (Å²) in [6.07, 6.45) is 4.22. The number of piperazine rings is 3. The molecule has 8 heterocycles. The summed E-state index contributed by atoms with van der Waals surface area (Å²) in [5.41, 5.74) is 28.1. The van der Waals surface area contributed by atoms with E-state index in [1.54, 1.807) is 41.9 Å². The molecule has 0 aliphatic carbocycles. The summed E-state index contributed by atoms with van der Waals surface area (Å²) in [6, 6.07) is 31.5. The van der Waals surface area contributed by atoms with E-state index in [2.05, 4.69) is 56.7 Å². The Morgan fingerprint density at radius 2 is 0.926 bits per heavy atom. The molecule has 0 atom stereocenters. The number of hydrogen-bond donors (Lipinski definition) is 6. The number of pyridine rings is 1. The maximum Gasteiger partial charge on any atom is 0.195 e. The molecular formula is C60H62FN13O3S4. The Kier molecular flexibility index (Phi) is 18.9. The van der Waals surface area contributed by atoms with Crippen LogP contribution in [0.15, 0.2) is 137 Å². The van der Waals surface area contributed by atoms with Crippen LogP contribution in [0.5, 0.6) is 0 Å². The SMILES string of the molecule is Nc1ccc(-c2ccc(F)cc2)cc1CC(=O)c1nc(N2CCNCC2)cs1.Nc1ccc(-c2cccs2)cc1CC(=O)c1csc(N2CCNCC2)n1.Nc1ccc(-c2ccncc2)cc1CC(=O)c1nc(N2CCNCC2)cs1. The second-order valence-corrected chi connectivity index (χ2v) is 23.0. The number of halogens is 1. The first-order valence-electron chi connectivity index (χ1n) is 26.7. The van der Waals surface area contributed by atoms with Crippen LogP contribution in [-0.4, -0.2) is 116 Å². The van der Waals surface area contributed by atoms with Gasteiger partial charge in [0.1, 0.15) is 23.1 Å². The third kappa shape index (κ3) is 14.8. The van der Waals surface area contributed by atoms with E-state index < -0.39 is 0 Å². The van der Waals surface area contributed by atoms with Crippen molar-refractivity contribution >= 4 is 96.5 Å². The summed E-state index contributed by atoms with van der Waals surface area (Å²) in [6.45, 7) is 11.1. The van der Waals surface area contributed by atoms with E-state index >= 15 is 0 Å². The molecule has 416 valence electrons. The van der Waals surface area contributed by atoms with Gasteiger partial charge in [-0.25, -0.2) is 19.3 Å². The maximum absolute atomic E-state index is 13.2. The van der Waals surface area contributed by atoms with Gasteiger partial charge in [-0.05, 0) is 117 Å². The quantitative estimate of drug-likeness (QED) is 0.0415. The number of nitrogens with one attached hydrogen (secondary N) is 3. The Morgan fingerprint density at radius 1 is 0.481 bits per heavy atom. The Hall–Kier alpha value is -7.76. The van der Waals surface area contributed by atoms with Crippen molar-refractivity contribution < 1.29 is 18.8 Å². The number of ketones is 3. The van der Waals surface area contributed by atoms with Crippen molar-refractivity contribution in [2.75, 3.05) is 110 Å². The van der Waals surface area contributed by atoms with Gasteiger partial charge in [0.25, 0.3) is 0 Å². The van der Waals surface area contributed by atoms with Crippen molar-refractivity contribution in [3.8, 4) is 32.7 Å². The molecule has 3 aliphatic rings. The average molecular weight is 1160 g/mol. The number of aromatic nitrogens is 4. The number of benzene rings is 4. The monoisotopic (exact) mass is 1160 g/mol. The van der Waals surface area contributed by atoms with E-state index in [-0.39, 0.29) is 42.4 Å². The number of rotatable bonds is 15. The first-order valence-corrected chi connectivity index (χ1v) is 30.2. The summed E-state index contributed by atoms with van der Waals surface area (Å²) in [4.78, 5) is 63.7. The molecule has 3 fully saturated rings. The summed E-state index contributed by atoms with van der Waals surface area (Å²) in [7, 11) is 0. The van der Waals surface area contributed by atoms with Gasteiger partial charge in [-0.2, -0.15) is 0 Å². The number of nitrogen functional groups attached to an aromatic ring is 3. The topological polar surface area (TPSA) is 227 Å². The molecule has 9 aromatic rings. The van der Waals surface area contributed by atoms with E-state index in [1.165, 1.54) is 51.0 Å². The smallest absolute Gasteiger partial charge is 0.195 e. The van der Waals surface area contributed by atoms with Crippen LogP contribution in [0.4, 0.5) is 38.2 Å². The van der Waals surface area contributed by atoms with Crippen molar-refractivity contribution in [3.63, 3.8) is 0 Å². The summed E-state index contributed by atoms with van der Waals surface area (Å²) in [5.74, 6) is 1.44. The van der Waals surface area contributed by atoms with E-state index in [0.29, 0.717) is 32.8 Å². The van der Waals surface area contributed by atoms with Crippen LogP contribution in [0.3, 0.4) is 0 Å². The Bertz CT molecular complexity index is 3550. The lowest BCUT2D eigenvalue weighted by Crippen LogP contribution is -2.43. The molecule has 0 spiro atoms. The van der Waals surface area contributed by atoms with Crippen LogP contribution < -0.4 is 47.9 Å². The second-order valence-electron chi connectivity index (χ2n) is 19.5. The molecule has 0 amide bonds. The van der Waals surface area contributed by atoms with Gasteiger partial charge < -0.3 is 47.9 Å². The van der Waals surface area contributed by atoms with E-state index in [0.717, 1.165) is 140 Å². The summed E-state index contributed by atoms with van der Waals surface area (Å²) >= 11 is 5.99. The number of carbonyl (C=O) groups excluding carboxylic acids is 3. The number of hydrogen-bond acceptors (Lipinski definition) is 20. The molecule has 3 aliphatic heterocycles. The molecule has 81 heavy (non-hydrogen) atoms. The van der Waals surface area contributed by atoms with Crippen molar-refractivity contribution in [1.29, 1.82) is 0 Å². The lowest BCUT2D eigenvalue weighted by molar-refractivity contribution is 0.0982. The number of thiazole rings is 3. The van der Waals surface area contributed by atoms with Gasteiger partial charge in [-0.1, -0.05) is 36.4 Å². The number of Topliss-reactive ketones (excluding diaryl/α,β-unsaturated/α-hetero) is 3. The minimum absolute atomic E-state index is 0.0000345. The van der Waals surface area contributed by atoms with Crippen LogP contribution in [0.25, 0.3) is 32.7 Å². The molecule has 9 N–H and O–H groups in total. The highest BCUT2D eigenvalue weighted by Crippen LogP contribution is 2.31. The first kappa shape index (κ1) is 56.5. The molecule has 0 unspecified atom stereocenters. The molecular weight excluding hydrogens is 1100 g/mol. The summed E-state index contributed by atoms with van der Waals surface area (Å²) < 4.78 is 13.2. The van der Waals surface area contributed by atoms with Gasteiger partial charge >= 0.3 is 0 Å². The normalized spacial score (nSPS) is 14.4. The molecule has 21 heteroatoms. The molecule has 0 saturated carbocycles. The molecule has 4 aromatic carbocycles. The fraction of sp³-hybridized carbons (Fsp3) is 0.250. The van der Waals surface area contributed by atoms with Crippen LogP contribution in [0, 0.1) is 5.82 Å². The number of anilines is 6. The first-order chi connectivity index (χ1) is 39.5. The minimum atomic E-state index is -0.279. The highest BCUT2D eigenvalue weighted by Gasteiger charge is 2.22. The lowest BCUT2D eigenvalue weighted by Gasteiger charge is -2.27. The van der Waals surface area contributed by atoms with Gasteiger partial charge in [-0.15, -0.1) is 45.3 Å². The molecule has 5 aromatic heterocycles. The molecule has 0 radical (unpaired) electrons. The average Bonchev–Trinajstić information content (AvgIpc) is 4.40. The highest BCUT2D eigenvalue weighted by molar-refractivity contribution is 7.14. The zero-order valence-electron chi connectivity index (χ0n) is 44.5. The number of carbonyl (C=O) groups is 3. The van der Waals surface area contributed by atoms with Gasteiger partial charge in [-0.3, -0.25) is 19.4 Å². The number of nitrogens with two attached hydrogens (primary N) is 3. The van der Waals surface area contributed by atoms with Crippen LogP contribution in [0.2, 0.25) is 0 Å². The second kappa shape index (κ2) is 27.1. The van der Waals surface area contributed by atoms with Crippen molar-refractivity contribution in [3.05, 3.63) is 175 Å². The third-order valence-corrected chi connectivity index (χ3v) is 17.5. The highest BCUT2D eigenvalue weighted by atomic mass is 32.1. The Morgan fingerprint density at radius 3 is 1.42 bits per heavy atom. The third-order valence-electron chi connectivity index (χ3n) is 14.0. The standard InChI is InChI=1S/C21H21FN4OS.C20H21N5OS.C19H20N4OS2/c22-17-4-1-14(2-5-17)15-3-6-18(23)16(11-15)12-19(27)21-25-20(13-28-21)26-9-7-24-8-10-26;21-17-2-1-15(14-3-5-22-6-4-14)11-16(17)12-18(26)20-24-19(13-27-20)25-9-7-23-8-10-25;20-15-4-3-13(18-2-1-9-25-18)10-14(15)11-17(24)16-12-26-19(22-16)23-7-5-21-6-8-23/h1-6,11,13,24H,7-10,12,23H2;1-6,11,13,23H,7-10,12,21H2;1-4,9-10,12,21H,5-8,11,20H2. The van der Waals surface area contributed by atoms with Crippen molar-refractivity contribution in [1.82, 2.24) is 35.9 Å². The van der Waals surface area contributed by atoms with Crippen molar-refractivity contribution in [2.24, 2.45) is 0 Å². The van der Waals surface area contributed by atoms with Gasteiger partial charge in [0.15, 0.2) is 32.5 Å². The lowest BCUT2D eigenvalue weighted by atomic mass is 9.99. The van der Waals surface area contributed by atoms with Crippen molar-refractivity contribution in [2.45, 2.75) is 19.3 Å². The van der Waals surface area contributed by atoms with Gasteiger partial charge in [0, 0.05) is 148 Å². The van der Waals surface area contributed by atoms with E-state index in [4.69, 9.17) is 17.2 Å². The van der Waals surface area contributed by atoms with Gasteiger partial charge in [0.2, 0.25) is 0 Å². The minimum Gasteiger partial charge on any atom is -0.398 e. The fourth-order valence-corrected chi connectivity index (χ4v) is 12.6. The van der Waals surface area contributed by atoms with E-state index in [1.807, 2.05) is 88.3 Å². The molecule has 12 rings (SSSR count).